The molecule has 0 atom stereocenters. The van der Waals surface area contributed by atoms with Gasteiger partial charge in [0.2, 0.25) is 10.0 Å². The van der Waals surface area contributed by atoms with E-state index in [1.807, 2.05) is 34.6 Å². The molecule has 30 heavy (non-hydrogen) atoms. The molecular formula is C20H41N5O4S. The molecule has 0 aromatic rings. The number of carbonyl (C=O) groups excluding carboxylic acids is 1. The number of nitrogens with one attached hydrogen (secondary N) is 3. The molecule has 10 heteroatoms. The number of sulfonamides is 1. The zero-order valence-corrected chi connectivity index (χ0v) is 20.5. The van der Waals surface area contributed by atoms with Crippen LogP contribution in [-0.4, -0.2) is 74.4 Å². The van der Waals surface area contributed by atoms with E-state index in [1.165, 1.54) is 0 Å². The van der Waals surface area contributed by atoms with Crippen molar-refractivity contribution in [2.24, 2.45) is 4.99 Å². The van der Waals surface area contributed by atoms with Gasteiger partial charge in [-0.2, -0.15) is 0 Å². The first kappa shape index (κ1) is 26.5. The second kappa shape index (κ2) is 11.2. The van der Waals surface area contributed by atoms with Crippen molar-refractivity contribution < 1.29 is 17.9 Å². The monoisotopic (exact) mass is 447 g/mol. The van der Waals surface area contributed by atoms with E-state index in [-0.39, 0.29) is 11.8 Å². The van der Waals surface area contributed by atoms with Crippen LogP contribution in [0.3, 0.4) is 0 Å². The van der Waals surface area contributed by atoms with Gasteiger partial charge in [-0.25, -0.2) is 17.5 Å². The predicted molar refractivity (Wildman–Crippen MR) is 121 cm³/mol. The van der Waals surface area contributed by atoms with Crippen LogP contribution in [0.5, 0.6) is 0 Å². The van der Waals surface area contributed by atoms with Gasteiger partial charge in [-0.15, -0.1) is 0 Å². The summed E-state index contributed by atoms with van der Waals surface area (Å²) in [5.41, 5.74) is -1.01. The number of alkyl carbamates (subject to hydrolysis) is 1. The van der Waals surface area contributed by atoms with Crippen molar-refractivity contribution in [1.82, 2.24) is 20.3 Å². The number of hydrogen-bond donors (Lipinski definition) is 3. The third-order valence-corrected chi connectivity index (χ3v) is 7.37. The number of amides is 1. The molecule has 0 spiro atoms. The maximum Gasteiger partial charge on any atom is 0.408 e. The molecule has 9 nitrogen and oxygen atoms in total. The summed E-state index contributed by atoms with van der Waals surface area (Å²) in [7, 11) is -1.43. The van der Waals surface area contributed by atoms with Gasteiger partial charge in [-0.05, 0) is 53.4 Å². The molecule has 1 amide bonds. The maximum atomic E-state index is 12.3. The van der Waals surface area contributed by atoms with Crippen LogP contribution in [0.25, 0.3) is 0 Å². The maximum absolute atomic E-state index is 12.3. The summed E-state index contributed by atoms with van der Waals surface area (Å²) >= 11 is 0. The summed E-state index contributed by atoms with van der Waals surface area (Å²) < 4.78 is 31.0. The van der Waals surface area contributed by atoms with Crippen LogP contribution in [0.15, 0.2) is 4.99 Å². The molecule has 0 aliphatic carbocycles. The van der Waals surface area contributed by atoms with Crippen molar-refractivity contribution in [2.75, 3.05) is 32.4 Å². The van der Waals surface area contributed by atoms with Gasteiger partial charge < -0.3 is 20.7 Å². The molecule has 0 aromatic carbocycles. The normalized spacial score (nSPS) is 17.5. The number of piperidine rings is 1. The van der Waals surface area contributed by atoms with E-state index in [4.69, 9.17) is 4.74 Å². The van der Waals surface area contributed by atoms with Gasteiger partial charge in [-0.3, -0.25) is 4.99 Å². The van der Waals surface area contributed by atoms with Crippen molar-refractivity contribution in [3.8, 4) is 0 Å². The second-order valence-electron chi connectivity index (χ2n) is 8.76. The number of aliphatic imine (C=N–C) groups is 1. The van der Waals surface area contributed by atoms with Gasteiger partial charge in [0.25, 0.3) is 0 Å². The van der Waals surface area contributed by atoms with Crippen LogP contribution in [0, 0.1) is 0 Å². The Hall–Kier alpha value is -1.55. The van der Waals surface area contributed by atoms with Gasteiger partial charge in [0.05, 0.1) is 11.3 Å². The Morgan fingerprint density at radius 2 is 1.70 bits per heavy atom. The van der Waals surface area contributed by atoms with Crippen molar-refractivity contribution in [1.29, 1.82) is 0 Å². The molecule has 1 heterocycles. The lowest BCUT2D eigenvalue weighted by Crippen LogP contribution is -2.58. The van der Waals surface area contributed by atoms with E-state index in [0.717, 1.165) is 25.7 Å². The SMILES string of the molecule is CCC(CC)(CNC(=NC)NC1CCN(S(=O)(=O)CC)CC1)NC(=O)OC(C)(C)C. The fourth-order valence-electron chi connectivity index (χ4n) is 3.34. The summed E-state index contributed by atoms with van der Waals surface area (Å²) in [4.78, 5) is 16.6. The van der Waals surface area contributed by atoms with Crippen LogP contribution in [-0.2, 0) is 14.8 Å². The van der Waals surface area contributed by atoms with E-state index < -0.39 is 27.3 Å². The minimum Gasteiger partial charge on any atom is -0.444 e. The Morgan fingerprint density at radius 3 is 2.13 bits per heavy atom. The highest BCUT2D eigenvalue weighted by Gasteiger charge is 2.31. The summed E-state index contributed by atoms with van der Waals surface area (Å²) in [6, 6.07) is 0.149. The van der Waals surface area contributed by atoms with Gasteiger partial charge in [0.1, 0.15) is 5.60 Å². The third kappa shape index (κ3) is 8.29. The Morgan fingerprint density at radius 1 is 1.13 bits per heavy atom. The zero-order chi connectivity index (χ0) is 23.0. The zero-order valence-electron chi connectivity index (χ0n) is 19.7. The number of rotatable bonds is 8. The number of hydrogen-bond acceptors (Lipinski definition) is 5. The first-order chi connectivity index (χ1) is 13.9. The quantitative estimate of drug-likeness (QED) is 0.388. The molecule has 0 bridgehead atoms. The summed E-state index contributed by atoms with van der Waals surface area (Å²) in [6.07, 6.45) is 2.49. The topological polar surface area (TPSA) is 112 Å². The molecule has 3 N–H and O–H groups in total. The number of ether oxygens (including phenoxy) is 1. The summed E-state index contributed by atoms with van der Waals surface area (Å²) in [6.45, 7) is 12.8. The van der Waals surface area contributed by atoms with Gasteiger partial charge in [0.15, 0.2) is 5.96 Å². The molecule has 1 saturated heterocycles. The van der Waals surface area contributed by atoms with Crippen LogP contribution in [0.1, 0.15) is 67.2 Å². The van der Waals surface area contributed by atoms with E-state index in [1.54, 1.807) is 18.3 Å². The van der Waals surface area contributed by atoms with Crippen molar-refractivity contribution in [3.05, 3.63) is 0 Å². The van der Waals surface area contributed by atoms with E-state index in [2.05, 4.69) is 20.9 Å². The van der Waals surface area contributed by atoms with Crippen LogP contribution >= 0.6 is 0 Å². The fourth-order valence-corrected chi connectivity index (χ4v) is 4.48. The highest BCUT2D eigenvalue weighted by molar-refractivity contribution is 7.89. The van der Waals surface area contributed by atoms with E-state index >= 15 is 0 Å². The van der Waals surface area contributed by atoms with E-state index in [0.29, 0.717) is 25.6 Å². The number of nitrogens with zero attached hydrogens (tertiary/aromatic N) is 2. The van der Waals surface area contributed by atoms with Crippen molar-refractivity contribution in [3.63, 3.8) is 0 Å². The lowest BCUT2D eigenvalue weighted by molar-refractivity contribution is 0.0448. The standard InChI is InChI=1S/C20H41N5O4S/c1-8-20(9-2,24-18(26)29-19(4,5)6)15-22-17(21-7)23-16-11-13-25(14-12-16)30(27,28)10-3/h16H,8-15H2,1-7H3,(H,24,26)(H2,21,22,23). The van der Waals surface area contributed by atoms with Crippen LogP contribution in [0.2, 0.25) is 0 Å². The average Bonchev–Trinajstić information content (AvgIpc) is 2.69. The van der Waals surface area contributed by atoms with E-state index in [9.17, 15) is 13.2 Å². The smallest absolute Gasteiger partial charge is 0.408 e. The first-order valence-electron chi connectivity index (χ1n) is 10.9. The fraction of sp³-hybridized carbons (Fsp3) is 0.900. The molecule has 0 aromatic heterocycles. The predicted octanol–water partition coefficient (Wildman–Crippen LogP) is 2.05. The molecular weight excluding hydrogens is 406 g/mol. The molecule has 0 radical (unpaired) electrons. The highest BCUT2D eigenvalue weighted by atomic mass is 32.2. The number of guanidine groups is 1. The van der Waals surface area contributed by atoms with Crippen molar-refractivity contribution in [2.45, 2.75) is 84.4 Å². The molecule has 1 aliphatic heterocycles. The average molecular weight is 448 g/mol. The Balaban J connectivity index is 2.63. The molecule has 0 saturated carbocycles. The van der Waals surface area contributed by atoms with Crippen LogP contribution < -0.4 is 16.0 Å². The highest BCUT2D eigenvalue weighted by Crippen LogP contribution is 2.17. The number of carbonyl (C=O) groups is 1. The molecule has 176 valence electrons. The van der Waals surface area contributed by atoms with Gasteiger partial charge in [0, 0.05) is 32.7 Å². The largest absolute Gasteiger partial charge is 0.444 e. The van der Waals surface area contributed by atoms with Gasteiger partial charge >= 0.3 is 6.09 Å². The third-order valence-electron chi connectivity index (χ3n) is 5.49. The molecule has 1 aliphatic rings. The molecule has 0 unspecified atom stereocenters. The molecule has 1 fully saturated rings. The van der Waals surface area contributed by atoms with Crippen molar-refractivity contribution >= 4 is 22.1 Å². The molecule has 1 rings (SSSR count). The lowest BCUT2D eigenvalue weighted by Gasteiger charge is -2.35. The minimum absolute atomic E-state index is 0.134. The Labute approximate surface area is 182 Å². The lowest BCUT2D eigenvalue weighted by atomic mass is 9.93. The minimum atomic E-state index is -3.13. The summed E-state index contributed by atoms with van der Waals surface area (Å²) in [5.74, 6) is 0.777. The van der Waals surface area contributed by atoms with Gasteiger partial charge in [-0.1, -0.05) is 13.8 Å². The van der Waals surface area contributed by atoms with Crippen LogP contribution in [0.4, 0.5) is 4.79 Å². The second-order valence-corrected chi connectivity index (χ2v) is 11.0. The first-order valence-corrected chi connectivity index (χ1v) is 12.5. The Kier molecular flexibility index (Phi) is 9.87. The Bertz CT molecular complexity index is 676. The summed E-state index contributed by atoms with van der Waals surface area (Å²) in [5, 5.41) is 9.72.